The van der Waals surface area contributed by atoms with E-state index in [4.69, 9.17) is 4.42 Å². The van der Waals surface area contributed by atoms with Crippen molar-refractivity contribution in [3.8, 4) is 0 Å². The molecule has 0 unspecified atom stereocenters. The number of furan rings is 1. The van der Waals surface area contributed by atoms with Crippen LogP contribution in [0, 0.1) is 6.92 Å². The standard InChI is InChI=1S/C10H8N2O2/c1-7-4-12-9(5-11-7)10(13)8-2-3-14-6-8/h2-6H,1H3. The molecule has 2 heterocycles. The quantitative estimate of drug-likeness (QED) is 0.672. The Kier molecular flexibility index (Phi) is 2.10. The molecule has 0 saturated carbocycles. The van der Waals surface area contributed by atoms with E-state index in [-0.39, 0.29) is 5.78 Å². The highest BCUT2D eigenvalue weighted by Gasteiger charge is 2.11. The van der Waals surface area contributed by atoms with Crippen LogP contribution in [0.1, 0.15) is 21.7 Å². The number of aryl methyl sites for hydroxylation is 1. The predicted molar refractivity (Wildman–Crippen MR) is 48.9 cm³/mol. The normalized spacial score (nSPS) is 10.1. The van der Waals surface area contributed by atoms with Crippen molar-refractivity contribution in [3.63, 3.8) is 0 Å². The van der Waals surface area contributed by atoms with Crippen LogP contribution < -0.4 is 0 Å². The largest absolute Gasteiger partial charge is 0.472 e. The van der Waals surface area contributed by atoms with E-state index in [2.05, 4.69) is 9.97 Å². The third-order valence-electron chi connectivity index (χ3n) is 1.80. The molecular formula is C10H8N2O2. The molecule has 0 aliphatic rings. The van der Waals surface area contributed by atoms with E-state index in [1.807, 2.05) is 6.92 Å². The highest BCUT2D eigenvalue weighted by molar-refractivity contribution is 6.07. The highest BCUT2D eigenvalue weighted by Crippen LogP contribution is 2.06. The number of ketones is 1. The molecule has 2 rings (SSSR count). The van der Waals surface area contributed by atoms with Gasteiger partial charge in [0, 0.05) is 6.20 Å². The minimum absolute atomic E-state index is 0.175. The zero-order chi connectivity index (χ0) is 9.97. The lowest BCUT2D eigenvalue weighted by Gasteiger charge is -1.96. The van der Waals surface area contributed by atoms with Crippen molar-refractivity contribution in [2.75, 3.05) is 0 Å². The first kappa shape index (κ1) is 8.62. The topological polar surface area (TPSA) is 56.0 Å². The van der Waals surface area contributed by atoms with Crippen molar-refractivity contribution in [1.29, 1.82) is 0 Å². The third-order valence-corrected chi connectivity index (χ3v) is 1.80. The maximum Gasteiger partial charge on any atom is 0.216 e. The first-order valence-electron chi connectivity index (χ1n) is 4.13. The van der Waals surface area contributed by atoms with Gasteiger partial charge in [0.25, 0.3) is 0 Å². The van der Waals surface area contributed by atoms with Gasteiger partial charge in [-0.2, -0.15) is 0 Å². The summed E-state index contributed by atoms with van der Waals surface area (Å²) in [7, 11) is 0. The van der Waals surface area contributed by atoms with Gasteiger partial charge in [-0.1, -0.05) is 0 Å². The molecule has 0 saturated heterocycles. The number of hydrogen-bond acceptors (Lipinski definition) is 4. The van der Waals surface area contributed by atoms with Crippen LogP contribution in [0.15, 0.2) is 35.4 Å². The predicted octanol–water partition coefficient (Wildman–Crippen LogP) is 1.61. The van der Waals surface area contributed by atoms with Gasteiger partial charge in [0.1, 0.15) is 12.0 Å². The summed E-state index contributed by atoms with van der Waals surface area (Å²) in [5.74, 6) is -0.175. The van der Waals surface area contributed by atoms with Crippen molar-refractivity contribution in [3.05, 3.63) is 47.9 Å². The number of nitrogens with zero attached hydrogens (tertiary/aromatic N) is 2. The van der Waals surface area contributed by atoms with Gasteiger partial charge >= 0.3 is 0 Å². The molecule has 0 radical (unpaired) electrons. The van der Waals surface area contributed by atoms with Crippen molar-refractivity contribution < 1.29 is 9.21 Å². The number of aromatic nitrogens is 2. The fraction of sp³-hybridized carbons (Fsp3) is 0.100. The van der Waals surface area contributed by atoms with Gasteiger partial charge < -0.3 is 4.42 Å². The van der Waals surface area contributed by atoms with Crippen molar-refractivity contribution in [2.45, 2.75) is 6.92 Å². The van der Waals surface area contributed by atoms with Crippen LogP contribution in [-0.4, -0.2) is 15.8 Å². The van der Waals surface area contributed by atoms with Crippen LogP contribution in [-0.2, 0) is 0 Å². The molecule has 0 aliphatic heterocycles. The van der Waals surface area contributed by atoms with E-state index in [9.17, 15) is 4.79 Å². The average Bonchev–Trinajstić information content (AvgIpc) is 2.71. The minimum Gasteiger partial charge on any atom is -0.472 e. The van der Waals surface area contributed by atoms with Crippen LogP contribution in [0.25, 0.3) is 0 Å². The fourth-order valence-electron chi connectivity index (χ4n) is 1.05. The Morgan fingerprint density at radius 1 is 1.36 bits per heavy atom. The molecule has 70 valence electrons. The monoisotopic (exact) mass is 188 g/mol. The maximum atomic E-state index is 11.7. The number of hydrogen-bond donors (Lipinski definition) is 0. The average molecular weight is 188 g/mol. The van der Waals surface area contributed by atoms with Crippen molar-refractivity contribution in [1.82, 2.24) is 9.97 Å². The van der Waals surface area contributed by atoms with Gasteiger partial charge in [-0.3, -0.25) is 9.78 Å². The fourth-order valence-corrected chi connectivity index (χ4v) is 1.05. The first-order chi connectivity index (χ1) is 6.77. The first-order valence-corrected chi connectivity index (χ1v) is 4.13. The van der Waals surface area contributed by atoms with E-state index in [1.54, 1.807) is 12.3 Å². The van der Waals surface area contributed by atoms with Crippen LogP contribution in [0.3, 0.4) is 0 Å². The van der Waals surface area contributed by atoms with Crippen LogP contribution in [0.4, 0.5) is 0 Å². The molecule has 14 heavy (non-hydrogen) atoms. The van der Waals surface area contributed by atoms with Gasteiger partial charge in [0.2, 0.25) is 5.78 Å². The van der Waals surface area contributed by atoms with E-state index in [0.29, 0.717) is 11.3 Å². The number of carbonyl (C=O) groups is 1. The SMILES string of the molecule is Cc1cnc(C(=O)c2ccoc2)cn1. The highest BCUT2D eigenvalue weighted by atomic mass is 16.3. The molecule has 4 nitrogen and oxygen atoms in total. The summed E-state index contributed by atoms with van der Waals surface area (Å²) in [6.45, 7) is 1.82. The Morgan fingerprint density at radius 3 is 2.79 bits per heavy atom. The molecule has 0 bridgehead atoms. The zero-order valence-corrected chi connectivity index (χ0v) is 7.60. The lowest BCUT2D eigenvalue weighted by atomic mass is 10.2. The van der Waals surface area contributed by atoms with Gasteiger partial charge in [-0.15, -0.1) is 0 Å². The molecule has 0 fully saturated rings. The molecule has 0 aliphatic carbocycles. The third kappa shape index (κ3) is 1.54. The van der Waals surface area contributed by atoms with Gasteiger partial charge in [-0.05, 0) is 13.0 Å². The van der Waals surface area contributed by atoms with Gasteiger partial charge in [-0.25, -0.2) is 4.98 Å². The minimum atomic E-state index is -0.175. The van der Waals surface area contributed by atoms with E-state index >= 15 is 0 Å². The molecule has 2 aromatic rings. The summed E-state index contributed by atoms with van der Waals surface area (Å²) < 4.78 is 4.81. The summed E-state index contributed by atoms with van der Waals surface area (Å²) in [5.41, 5.74) is 1.61. The second kappa shape index (κ2) is 3.41. The van der Waals surface area contributed by atoms with Gasteiger partial charge in [0.15, 0.2) is 0 Å². The Labute approximate surface area is 80.6 Å². The van der Waals surface area contributed by atoms with Crippen LogP contribution in [0.5, 0.6) is 0 Å². The zero-order valence-electron chi connectivity index (χ0n) is 7.60. The summed E-state index contributed by atoms with van der Waals surface area (Å²) >= 11 is 0. The molecule has 0 atom stereocenters. The molecule has 4 heteroatoms. The van der Waals surface area contributed by atoms with Gasteiger partial charge in [0.05, 0.1) is 23.7 Å². The summed E-state index contributed by atoms with van der Waals surface area (Å²) in [4.78, 5) is 19.6. The van der Waals surface area contributed by atoms with E-state index in [1.165, 1.54) is 18.7 Å². The molecule has 0 N–H and O–H groups in total. The molecule has 0 amide bonds. The van der Waals surface area contributed by atoms with Crippen molar-refractivity contribution >= 4 is 5.78 Å². The lowest BCUT2D eigenvalue weighted by molar-refractivity contribution is 0.103. The molecular weight excluding hydrogens is 180 g/mol. The van der Waals surface area contributed by atoms with Crippen LogP contribution >= 0.6 is 0 Å². The maximum absolute atomic E-state index is 11.7. The smallest absolute Gasteiger partial charge is 0.216 e. The summed E-state index contributed by atoms with van der Waals surface area (Å²) in [5, 5.41) is 0. The van der Waals surface area contributed by atoms with Crippen molar-refractivity contribution in [2.24, 2.45) is 0 Å². The summed E-state index contributed by atoms with van der Waals surface area (Å²) in [6, 6.07) is 1.60. The molecule has 0 aromatic carbocycles. The molecule has 0 spiro atoms. The number of carbonyl (C=O) groups excluding carboxylic acids is 1. The Morgan fingerprint density at radius 2 is 2.21 bits per heavy atom. The van der Waals surface area contributed by atoms with E-state index < -0.39 is 0 Å². The van der Waals surface area contributed by atoms with E-state index in [0.717, 1.165) is 5.69 Å². The summed E-state index contributed by atoms with van der Waals surface area (Å²) in [6.07, 6.45) is 5.87. The second-order valence-electron chi connectivity index (χ2n) is 2.88. The lowest BCUT2D eigenvalue weighted by Crippen LogP contribution is -2.03. The Bertz CT molecular complexity index is 432. The second-order valence-corrected chi connectivity index (χ2v) is 2.88. The Hall–Kier alpha value is -1.97. The Balaban J connectivity index is 2.33. The van der Waals surface area contributed by atoms with Crippen LogP contribution in [0.2, 0.25) is 0 Å². The number of rotatable bonds is 2. The molecule has 2 aromatic heterocycles.